The van der Waals surface area contributed by atoms with Gasteiger partial charge in [-0.2, -0.15) is 0 Å². The zero-order chi connectivity index (χ0) is 24.9. The number of alkyl carbamates (subject to hydrolysis) is 1. The van der Waals surface area contributed by atoms with Crippen LogP contribution in [0.15, 0.2) is 34.3 Å². The minimum Gasteiger partial charge on any atom is -0.449 e. The smallest absolute Gasteiger partial charge is 0.421 e. The van der Waals surface area contributed by atoms with Crippen LogP contribution in [0.1, 0.15) is 47.1 Å². The van der Waals surface area contributed by atoms with Gasteiger partial charge in [0.15, 0.2) is 11.6 Å². The summed E-state index contributed by atoms with van der Waals surface area (Å²) < 4.78 is 16.1. The number of carbonyl (C=O) groups is 4. The largest absolute Gasteiger partial charge is 0.449 e. The zero-order valence-corrected chi connectivity index (χ0v) is 20.5. The summed E-state index contributed by atoms with van der Waals surface area (Å²) in [5.74, 6) is -1.93. The number of halogens is 2. The van der Waals surface area contributed by atoms with E-state index in [4.69, 9.17) is 37.4 Å². The van der Waals surface area contributed by atoms with E-state index < -0.39 is 51.9 Å². The van der Waals surface area contributed by atoms with Crippen LogP contribution in [-0.2, 0) is 29.3 Å². The van der Waals surface area contributed by atoms with Gasteiger partial charge in [-0.15, -0.1) is 0 Å². The van der Waals surface area contributed by atoms with Crippen LogP contribution >= 0.6 is 23.2 Å². The SMILES string of the molecule is CC(C)(C)OC(=O)N[C@]1([C@H]2OC(=O)C(Cl)=C2Cl)C(=O)N(C(=O)OC(C)(C)C)c2ccccc21. The third kappa shape index (κ3) is 4.52. The number of hydrogen-bond acceptors (Lipinski definition) is 7. The molecule has 0 bridgehead atoms. The first-order valence-corrected chi connectivity index (χ1v) is 10.8. The van der Waals surface area contributed by atoms with Crippen LogP contribution in [0, 0.1) is 0 Å². The summed E-state index contributed by atoms with van der Waals surface area (Å²) in [5.41, 5.74) is -3.71. The van der Waals surface area contributed by atoms with Crippen LogP contribution in [0.2, 0.25) is 0 Å². The maximum absolute atomic E-state index is 13.9. The number of fused-ring (bicyclic) bond motifs is 1. The molecule has 1 N–H and O–H groups in total. The summed E-state index contributed by atoms with van der Waals surface area (Å²) in [4.78, 5) is 52.7. The lowest BCUT2D eigenvalue weighted by atomic mass is 9.85. The molecule has 0 saturated heterocycles. The van der Waals surface area contributed by atoms with Gasteiger partial charge in [-0.1, -0.05) is 41.4 Å². The Morgan fingerprint density at radius 2 is 1.61 bits per heavy atom. The molecule has 2 aliphatic rings. The van der Waals surface area contributed by atoms with E-state index in [0.29, 0.717) is 0 Å². The first-order chi connectivity index (χ1) is 15.1. The number of benzene rings is 1. The van der Waals surface area contributed by atoms with Crippen LogP contribution in [0.3, 0.4) is 0 Å². The van der Waals surface area contributed by atoms with Crippen LogP contribution in [-0.4, -0.2) is 41.4 Å². The van der Waals surface area contributed by atoms with Crippen molar-refractivity contribution in [2.75, 3.05) is 4.90 Å². The van der Waals surface area contributed by atoms with Gasteiger partial charge in [-0.05, 0) is 47.6 Å². The highest BCUT2D eigenvalue weighted by molar-refractivity contribution is 6.49. The van der Waals surface area contributed by atoms with Gasteiger partial charge in [0.05, 0.1) is 10.7 Å². The lowest BCUT2D eigenvalue weighted by Gasteiger charge is -2.34. The van der Waals surface area contributed by atoms with Gasteiger partial charge >= 0.3 is 18.2 Å². The lowest BCUT2D eigenvalue weighted by molar-refractivity contribution is -0.145. The van der Waals surface area contributed by atoms with E-state index >= 15 is 0 Å². The molecule has 9 nitrogen and oxygen atoms in total. The lowest BCUT2D eigenvalue weighted by Crippen LogP contribution is -2.61. The average molecular weight is 499 g/mol. The second kappa shape index (κ2) is 8.22. The van der Waals surface area contributed by atoms with E-state index in [-0.39, 0.29) is 16.3 Å². The molecular formula is C22H24Cl2N2O7. The van der Waals surface area contributed by atoms with Crippen LogP contribution in [0.4, 0.5) is 15.3 Å². The molecule has 0 unspecified atom stereocenters. The Bertz CT molecular complexity index is 1070. The van der Waals surface area contributed by atoms with Crippen molar-refractivity contribution < 1.29 is 33.4 Å². The number of rotatable bonds is 2. The Labute approximate surface area is 200 Å². The summed E-state index contributed by atoms with van der Waals surface area (Å²) in [6.07, 6.45) is -3.53. The minimum atomic E-state index is -2.14. The molecule has 33 heavy (non-hydrogen) atoms. The predicted octanol–water partition coefficient (Wildman–Crippen LogP) is 4.30. The van der Waals surface area contributed by atoms with Crippen molar-refractivity contribution in [3.8, 4) is 0 Å². The maximum atomic E-state index is 13.9. The number of esters is 1. The predicted molar refractivity (Wildman–Crippen MR) is 120 cm³/mol. The van der Waals surface area contributed by atoms with E-state index in [1.165, 1.54) is 12.1 Å². The van der Waals surface area contributed by atoms with E-state index in [9.17, 15) is 19.2 Å². The minimum absolute atomic E-state index is 0.122. The first kappa shape index (κ1) is 24.9. The summed E-state index contributed by atoms with van der Waals surface area (Å²) in [5, 5.41) is 1.77. The highest BCUT2D eigenvalue weighted by atomic mass is 35.5. The Hall–Kier alpha value is -2.78. The monoisotopic (exact) mass is 498 g/mol. The van der Waals surface area contributed by atoms with Crippen molar-refractivity contribution in [2.45, 2.75) is 64.4 Å². The van der Waals surface area contributed by atoms with Gasteiger partial charge in [0.1, 0.15) is 16.2 Å². The normalized spacial score (nSPS) is 22.8. The first-order valence-electron chi connectivity index (χ1n) is 10.0. The molecule has 0 radical (unpaired) electrons. The van der Waals surface area contributed by atoms with E-state index in [0.717, 1.165) is 4.90 Å². The molecule has 0 spiro atoms. The van der Waals surface area contributed by atoms with E-state index in [1.807, 2.05) is 0 Å². The Balaban J connectivity index is 2.20. The Morgan fingerprint density at radius 3 is 2.12 bits per heavy atom. The van der Waals surface area contributed by atoms with E-state index in [1.54, 1.807) is 53.7 Å². The number of para-hydroxylation sites is 1. The quantitative estimate of drug-likeness (QED) is 0.477. The summed E-state index contributed by atoms with van der Waals surface area (Å²) in [6.45, 7) is 9.83. The molecule has 2 aliphatic heterocycles. The number of carbonyl (C=O) groups excluding carboxylic acids is 4. The number of imide groups is 1. The summed E-state index contributed by atoms with van der Waals surface area (Å²) in [7, 11) is 0. The molecular weight excluding hydrogens is 475 g/mol. The fourth-order valence-electron chi connectivity index (χ4n) is 3.50. The fourth-order valence-corrected chi connectivity index (χ4v) is 3.93. The van der Waals surface area contributed by atoms with Gasteiger partial charge in [0, 0.05) is 5.56 Å². The number of anilines is 1. The number of ether oxygens (including phenoxy) is 3. The molecule has 2 heterocycles. The number of amides is 3. The van der Waals surface area contributed by atoms with Gasteiger partial charge in [-0.3, -0.25) is 10.1 Å². The fraction of sp³-hybridized carbons (Fsp3) is 0.455. The molecule has 2 atom stereocenters. The topological polar surface area (TPSA) is 111 Å². The van der Waals surface area contributed by atoms with Crippen LogP contribution in [0.25, 0.3) is 0 Å². The molecule has 3 rings (SSSR count). The number of nitrogens with one attached hydrogen (secondary N) is 1. The Kier molecular flexibility index (Phi) is 6.19. The van der Waals surface area contributed by atoms with Crippen LogP contribution in [0.5, 0.6) is 0 Å². The van der Waals surface area contributed by atoms with Crippen LogP contribution < -0.4 is 10.2 Å². The average Bonchev–Trinajstić information content (AvgIpc) is 3.05. The second-order valence-corrected chi connectivity index (χ2v) is 10.3. The van der Waals surface area contributed by atoms with Gasteiger partial charge in [0.25, 0.3) is 5.91 Å². The third-order valence-electron chi connectivity index (χ3n) is 4.62. The molecule has 0 saturated carbocycles. The maximum Gasteiger partial charge on any atom is 0.421 e. The van der Waals surface area contributed by atoms with Crippen molar-refractivity contribution >= 4 is 53.0 Å². The number of cyclic esters (lactones) is 1. The third-order valence-corrected chi connectivity index (χ3v) is 5.46. The van der Waals surface area contributed by atoms with Gasteiger partial charge in [-0.25, -0.2) is 19.3 Å². The highest BCUT2D eigenvalue weighted by Gasteiger charge is 2.64. The van der Waals surface area contributed by atoms with Crippen molar-refractivity contribution in [3.63, 3.8) is 0 Å². The Morgan fingerprint density at radius 1 is 1.03 bits per heavy atom. The number of nitrogens with zero attached hydrogens (tertiary/aromatic N) is 1. The second-order valence-electron chi connectivity index (χ2n) is 9.52. The van der Waals surface area contributed by atoms with Gasteiger partial charge < -0.3 is 14.2 Å². The van der Waals surface area contributed by atoms with Gasteiger partial charge in [0.2, 0.25) is 0 Å². The molecule has 1 aromatic rings. The zero-order valence-electron chi connectivity index (χ0n) is 18.9. The van der Waals surface area contributed by atoms with Crippen molar-refractivity contribution in [3.05, 3.63) is 39.9 Å². The van der Waals surface area contributed by atoms with Crippen molar-refractivity contribution in [1.29, 1.82) is 0 Å². The number of hydrogen-bond donors (Lipinski definition) is 1. The summed E-state index contributed by atoms with van der Waals surface area (Å²) >= 11 is 12.3. The van der Waals surface area contributed by atoms with Crippen molar-refractivity contribution in [2.24, 2.45) is 0 Å². The van der Waals surface area contributed by atoms with Crippen molar-refractivity contribution in [1.82, 2.24) is 5.32 Å². The molecule has 3 amide bonds. The molecule has 1 aromatic carbocycles. The standard InChI is InChI=1S/C22H24Cl2N2O7/c1-20(2,3)32-18(29)25-22(15-13(23)14(24)16(27)31-15)11-9-7-8-10-12(11)26(17(22)28)19(30)33-21(4,5)6/h7-10,15H,1-6H3,(H,25,29)/t15-,22+/m0/s1. The molecule has 11 heteroatoms. The molecule has 0 fully saturated rings. The highest BCUT2D eigenvalue weighted by Crippen LogP contribution is 2.49. The molecule has 178 valence electrons. The molecule has 0 aromatic heterocycles. The molecule has 0 aliphatic carbocycles. The van der Waals surface area contributed by atoms with E-state index in [2.05, 4.69) is 5.32 Å². The summed E-state index contributed by atoms with van der Waals surface area (Å²) in [6, 6.07) is 6.18.